The molecule has 0 aliphatic carbocycles. The molecule has 0 spiro atoms. The number of nitriles is 1. The average Bonchev–Trinajstić information content (AvgIpc) is 2.48. The van der Waals surface area contributed by atoms with E-state index in [4.69, 9.17) is 5.26 Å². The van der Waals surface area contributed by atoms with Gasteiger partial charge in [-0.3, -0.25) is 4.79 Å². The van der Waals surface area contributed by atoms with Gasteiger partial charge in [-0.2, -0.15) is 5.26 Å². The summed E-state index contributed by atoms with van der Waals surface area (Å²) in [6, 6.07) is 17.0. The molecule has 1 heterocycles. The third-order valence-corrected chi connectivity index (χ3v) is 3.38. The second kappa shape index (κ2) is 4.58. The quantitative estimate of drug-likeness (QED) is 0.778. The fourth-order valence-electron chi connectivity index (χ4n) is 2.42. The second-order valence-corrected chi connectivity index (χ2v) is 4.53. The van der Waals surface area contributed by atoms with Crippen molar-refractivity contribution in [1.82, 2.24) is 0 Å². The number of nitrogens with zero attached hydrogens (tertiary/aromatic N) is 2. The van der Waals surface area contributed by atoms with Gasteiger partial charge in [-0.05, 0) is 36.2 Å². The molecule has 0 saturated carbocycles. The Kier molecular flexibility index (Phi) is 2.77. The van der Waals surface area contributed by atoms with E-state index < -0.39 is 0 Å². The van der Waals surface area contributed by atoms with Crippen LogP contribution in [-0.4, -0.2) is 12.5 Å². The molecule has 2 aromatic rings. The predicted octanol–water partition coefficient (Wildman–Crippen LogP) is 2.76. The normalized spacial score (nSPS) is 13.8. The van der Waals surface area contributed by atoms with Gasteiger partial charge in [0.05, 0.1) is 11.6 Å². The van der Waals surface area contributed by atoms with Gasteiger partial charge in [-0.15, -0.1) is 0 Å². The lowest BCUT2D eigenvalue weighted by Crippen LogP contribution is -2.37. The Morgan fingerprint density at radius 3 is 2.79 bits per heavy atom. The summed E-state index contributed by atoms with van der Waals surface area (Å²) < 4.78 is 0. The maximum atomic E-state index is 12.5. The third kappa shape index (κ3) is 1.98. The van der Waals surface area contributed by atoms with E-state index in [-0.39, 0.29) is 5.91 Å². The zero-order valence-corrected chi connectivity index (χ0v) is 10.3. The van der Waals surface area contributed by atoms with Crippen molar-refractivity contribution in [2.45, 2.75) is 6.42 Å². The largest absolute Gasteiger partial charge is 0.308 e. The van der Waals surface area contributed by atoms with Crippen LogP contribution in [0.25, 0.3) is 0 Å². The molecule has 3 rings (SSSR count). The Labute approximate surface area is 111 Å². The molecule has 0 N–H and O–H groups in total. The number of hydrogen-bond donors (Lipinski definition) is 0. The first-order valence-corrected chi connectivity index (χ1v) is 6.19. The summed E-state index contributed by atoms with van der Waals surface area (Å²) in [7, 11) is 0. The summed E-state index contributed by atoms with van der Waals surface area (Å²) in [5, 5.41) is 8.93. The summed E-state index contributed by atoms with van der Waals surface area (Å²) >= 11 is 0. The number of benzene rings is 2. The minimum absolute atomic E-state index is 0.0111. The van der Waals surface area contributed by atoms with E-state index in [1.807, 2.05) is 36.4 Å². The van der Waals surface area contributed by atoms with Crippen LogP contribution in [0.5, 0.6) is 0 Å². The van der Waals surface area contributed by atoms with Gasteiger partial charge in [-0.25, -0.2) is 0 Å². The van der Waals surface area contributed by atoms with Crippen molar-refractivity contribution >= 4 is 11.6 Å². The molecular formula is C16H12N2O. The van der Waals surface area contributed by atoms with Crippen LogP contribution in [0.4, 0.5) is 5.69 Å². The maximum Gasteiger partial charge on any atom is 0.258 e. The summed E-state index contributed by atoms with van der Waals surface area (Å²) in [5.41, 5.74) is 3.22. The van der Waals surface area contributed by atoms with Crippen molar-refractivity contribution in [1.29, 1.82) is 5.26 Å². The molecule has 1 aliphatic rings. The molecule has 0 fully saturated rings. The third-order valence-electron chi connectivity index (χ3n) is 3.38. The van der Waals surface area contributed by atoms with E-state index in [0.717, 1.165) is 23.2 Å². The molecule has 92 valence electrons. The van der Waals surface area contributed by atoms with Gasteiger partial charge in [0.2, 0.25) is 0 Å². The molecule has 1 amide bonds. The van der Waals surface area contributed by atoms with E-state index in [0.29, 0.717) is 12.1 Å². The average molecular weight is 248 g/mol. The van der Waals surface area contributed by atoms with Crippen LogP contribution in [0.2, 0.25) is 0 Å². The lowest BCUT2D eigenvalue weighted by Gasteiger charge is -2.28. The van der Waals surface area contributed by atoms with E-state index in [1.165, 1.54) is 0 Å². The zero-order valence-electron chi connectivity index (χ0n) is 10.3. The SMILES string of the molecule is N#Cc1cccc(N2CCc3ccccc3C2=O)c1. The molecule has 0 aromatic heterocycles. The Balaban J connectivity index is 2.00. The van der Waals surface area contributed by atoms with Crippen molar-refractivity contribution in [3.8, 4) is 6.07 Å². The van der Waals surface area contributed by atoms with Crippen LogP contribution in [0.1, 0.15) is 21.5 Å². The van der Waals surface area contributed by atoms with Crippen molar-refractivity contribution in [3.05, 3.63) is 65.2 Å². The summed E-state index contributed by atoms with van der Waals surface area (Å²) in [5.74, 6) is 0.0111. The van der Waals surface area contributed by atoms with Crippen LogP contribution in [-0.2, 0) is 6.42 Å². The molecule has 2 aromatic carbocycles. The van der Waals surface area contributed by atoms with E-state index in [2.05, 4.69) is 6.07 Å². The molecule has 0 radical (unpaired) electrons. The summed E-state index contributed by atoms with van der Waals surface area (Å²) in [6.07, 6.45) is 0.846. The van der Waals surface area contributed by atoms with Gasteiger partial charge in [-0.1, -0.05) is 24.3 Å². The van der Waals surface area contributed by atoms with Crippen LogP contribution < -0.4 is 4.90 Å². The van der Waals surface area contributed by atoms with Gasteiger partial charge >= 0.3 is 0 Å². The Morgan fingerprint density at radius 2 is 1.95 bits per heavy atom. The topological polar surface area (TPSA) is 44.1 Å². The lowest BCUT2D eigenvalue weighted by molar-refractivity contribution is 0.0980. The molecule has 1 aliphatic heterocycles. The summed E-state index contributed by atoms with van der Waals surface area (Å²) in [6.45, 7) is 0.657. The fourth-order valence-corrected chi connectivity index (χ4v) is 2.42. The van der Waals surface area contributed by atoms with Crippen LogP contribution >= 0.6 is 0 Å². The first-order valence-electron chi connectivity index (χ1n) is 6.19. The minimum atomic E-state index is 0.0111. The number of hydrogen-bond acceptors (Lipinski definition) is 2. The molecule has 3 nitrogen and oxygen atoms in total. The van der Waals surface area contributed by atoms with Crippen molar-refractivity contribution in [2.24, 2.45) is 0 Å². The standard InChI is InChI=1S/C16H12N2O/c17-11-12-4-3-6-14(10-12)18-9-8-13-5-1-2-7-15(13)16(18)19/h1-7,10H,8-9H2. The minimum Gasteiger partial charge on any atom is -0.308 e. The molecule has 0 atom stereocenters. The van der Waals surface area contributed by atoms with Crippen molar-refractivity contribution < 1.29 is 4.79 Å². The van der Waals surface area contributed by atoms with Crippen LogP contribution in [0.3, 0.4) is 0 Å². The van der Waals surface area contributed by atoms with Gasteiger partial charge in [0.25, 0.3) is 5.91 Å². The van der Waals surface area contributed by atoms with Crippen LogP contribution in [0.15, 0.2) is 48.5 Å². The molecule has 0 bridgehead atoms. The van der Waals surface area contributed by atoms with Crippen molar-refractivity contribution in [2.75, 3.05) is 11.4 Å². The lowest BCUT2D eigenvalue weighted by atomic mass is 9.98. The zero-order chi connectivity index (χ0) is 13.2. The number of rotatable bonds is 1. The smallest absolute Gasteiger partial charge is 0.258 e. The van der Waals surface area contributed by atoms with Gasteiger partial charge in [0.1, 0.15) is 0 Å². The van der Waals surface area contributed by atoms with Crippen molar-refractivity contribution in [3.63, 3.8) is 0 Å². The molecule has 19 heavy (non-hydrogen) atoms. The molecule has 0 saturated heterocycles. The molecule has 3 heteroatoms. The highest BCUT2D eigenvalue weighted by molar-refractivity contribution is 6.08. The highest BCUT2D eigenvalue weighted by atomic mass is 16.2. The number of carbonyl (C=O) groups excluding carboxylic acids is 1. The Hall–Kier alpha value is -2.60. The number of carbonyl (C=O) groups is 1. The number of anilines is 1. The highest BCUT2D eigenvalue weighted by Gasteiger charge is 2.24. The van der Waals surface area contributed by atoms with Gasteiger partial charge < -0.3 is 4.90 Å². The highest BCUT2D eigenvalue weighted by Crippen LogP contribution is 2.24. The van der Waals surface area contributed by atoms with Gasteiger partial charge in [0.15, 0.2) is 0 Å². The van der Waals surface area contributed by atoms with Gasteiger partial charge in [0, 0.05) is 17.8 Å². The van der Waals surface area contributed by atoms with E-state index >= 15 is 0 Å². The Bertz CT molecular complexity index is 685. The molecular weight excluding hydrogens is 236 g/mol. The van der Waals surface area contributed by atoms with E-state index in [1.54, 1.807) is 17.0 Å². The first kappa shape index (κ1) is 11.5. The van der Waals surface area contributed by atoms with Crippen LogP contribution in [0, 0.1) is 11.3 Å². The number of fused-ring (bicyclic) bond motifs is 1. The second-order valence-electron chi connectivity index (χ2n) is 4.53. The monoisotopic (exact) mass is 248 g/mol. The molecule has 0 unspecified atom stereocenters. The predicted molar refractivity (Wildman–Crippen MR) is 73.0 cm³/mol. The maximum absolute atomic E-state index is 12.5. The number of amides is 1. The first-order chi connectivity index (χ1) is 9.29. The Morgan fingerprint density at radius 1 is 1.11 bits per heavy atom. The van der Waals surface area contributed by atoms with E-state index in [9.17, 15) is 4.79 Å². The summed E-state index contributed by atoms with van der Waals surface area (Å²) in [4.78, 5) is 14.2. The fraction of sp³-hybridized carbons (Fsp3) is 0.125.